The molecule has 1 atom stereocenters. The van der Waals surface area contributed by atoms with E-state index in [1.165, 1.54) is 11.8 Å². The van der Waals surface area contributed by atoms with Crippen molar-refractivity contribution in [2.45, 2.75) is 22.6 Å². The molecule has 0 aliphatic carbocycles. The lowest BCUT2D eigenvalue weighted by molar-refractivity contribution is -0.123. The number of carbonyl (C=O) groups is 2. The predicted octanol–water partition coefficient (Wildman–Crippen LogP) is 3.05. The Morgan fingerprint density at radius 2 is 1.81 bits per heavy atom. The van der Waals surface area contributed by atoms with E-state index in [1.807, 2.05) is 36.4 Å². The smallest absolute Gasteiger partial charge is 0.255 e. The zero-order chi connectivity index (χ0) is 18.5. The number of piperidine rings is 1. The molecule has 2 amide bonds. The zero-order valence-electron chi connectivity index (χ0n) is 14.2. The van der Waals surface area contributed by atoms with E-state index in [2.05, 4.69) is 6.07 Å². The van der Waals surface area contributed by atoms with Gasteiger partial charge in [-0.1, -0.05) is 36.0 Å². The summed E-state index contributed by atoms with van der Waals surface area (Å²) in [6.45, 7) is 0.984. The van der Waals surface area contributed by atoms with Crippen LogP contribution < -0.4 is 5.73 Å². The molecule has 2 aromatic rings. The van der Waals surface area contributed by atoms with E-state index >= 15 is 0 Å². The third kappa shape index (κ3) is 3.89. The normalized spacial score (nSPS) is 16.7. The molecule has 26 heavy (non-hydrogen) atoms. The third-order valence-electron chi connectivity index (χ3n) is 4.46. The van der Waals surface area contributed by atoms with Gasteiger partial charge in [0.1, 0.15) is 6.07 Å². The van der Waals surface area contributed by atoms with Crippen molar-refractivity contribution in [3.05, 3.63) is 59.7 Å². The Hall–Kier alpha value is -2.78. The summed E-state index contributed by atoms with van der Waals surface area (Å²) in [4.78, 5) is 27.8. The minimum Gasteiger partial charge on any atom is -0.369 e. The molecular weight excluding hydrogens is 346 g/mol. The second kappa shape index (κ2) is 8.07. The zero-order valence-corrected chi connectivity index (χ0v) is 15.0. The van der Waals surface area contributed by atoms with Gasteiger partial charge >= 0.3 is 0 Å². The Morgan fingerprint density at radius 1 is 1.12 bits per heavy atom. The van der Waals surface area contributed by atoms with Crippen LogP contribution in [-0.4, -0.2) is 29.8 Å². The quantitative estimate of drug-likeness (QED) is 0.902. The number of amides is 2. The van der Waals surface area contributed by atoms with Crippen LogP contribution in [0.5, 0.6) is 0 Å². The van der Waals surface area contributed by atoms with Crippen LogP contribution in [0.3, 0.4) is 0 Å². The number of likely N-dealkylation sites (tertiary alicyclic amines) is 1. The fourth-order valence-corrected chi connectivity index (χ4v) is 4.08. The summed E-state index contributed by atoms with van der Waals surface area (Å²) in [6.07, 6.45) is 1.50. The molecule has 0 aromatic heterocycles. The summed E-state index contributed by atoms with van der Waals surface area (Å²) < 4.78 is 0. The van der Waals surface area contributed by atoms with Gasteiger partial charge in [-0.2, -0.15) is 5.26 Å². The lowest BCUT2D eigenvalue weighted by atomic mass is 9.97. The lowest BCUT2D eigenvalue weighted by Crippen LogP contribution is -2.44. The Bertz CT molecular complexity index is 875. The van der Waals surface area contributed by atoms with Crippen LogP contribution in [0.4, 0.5) is 0 Å². The Morgan fingerprint density at radius 3 is 2.54 bits per heavy atom. The SMILES string of the molecule is N#Cc1ccccc1Sc1ccccc1C(=O)N1CCCC(C(N)=O)C1. The van der Waals surface area contributed by atoms with Crippen molar-refractivity contribution in [1.82, 2.24) is 4.90 Å². The summed E-state index contributed by atoms with van der Waals surface area (Å²) >= 11 is 1.40. The molecule has 1 unspecified atom stereocenters. The van der Waals surface area contributed by atoms with Crippen LogP contribution in [0.25, 0.3) is 0 Å². The number of nitriles is 1. The second-order valence-corrected chi connectivity index (χ2v) is 7.28. The van der Waals surface area contributed by atoms with Gasteiger partial charge in [-0.25, -0.2) is 0 Å². The molecule has 1 heterocycles. The highest BCUT2D eigenvalue weighted by Crippen LogP contribution is 2.33. The average molecular weight is 365 g/mol. The highest BCUT2D eigenvalue weighted by atomic mass is 32.2. The number of nitrogens with zero attached hydrogens (tertiary/aromatic N) is 2. The maximum atomic E-state index is 13.0. The van der Waals surface area contributed by atoms with Gasteiger partial charge in [0, 0.05) is 22.9 Å². The number of nitrogens with two attached hydrogens (primary N) is 1. The highest BCUT2D eigenvalue weighted by molar-refractivity contribution is 7.99. The molecule has 5 nitrogen and oxygen atoms in total. The largest absolute Gasteiger partial charge is 0.369 e. The lowest BCUT2D eigenvalue weighted by Gasteiger charge is -2.31. The van der Waals surface area contributed by atoms with Crippen molar-refractivity contribution in [2.75, 3.05) is 13.1 Å². The van der Waals surface area contributed by atoms with Gasteiger partial charge in [-0.3, -0.25) is 9.59 Å². The molecule has 0 saturated carbocycles. The first kappa shape index (κ1) is 18.0. The number of primary amides is 1. The van der Waals surface area contributed by atoms with Crippen LogP contribution in [0.2, 0.25) is 0 Å². The van der Waals surface area contributed by atoms with Crippen molar-refractivity contribution < 1.29 is 9.59 Å². The van der Waals surface area contributed by atoms with Crippen molar-refractivity contribution in [2.24, 2.45) is 11.7 Å². The van der Waals surface area contributed by atoms with Gasteiger partial charge in [0.25, 0.3) is 5.91 Å². The molecule has 0 spiro atoms. The molecule has 1 fully saturated rings. The van der Waals surface area contributed by atoms with Crippen molar-refractivity contribution in [1.29, 1.82) is 5.26 Å². The molecule has 1 aliphatic rings. The molecule has 2 N–H and O–H groups in total. The number of hydrogen-bond acceptors (Lipinski definition) is 4. The number of carbonyl (C=O) groups excluding carboxylic acids is 2. The molecule has 1 saturated heterocycles. The average Bonchev–Trinajstić information content (AvgIpc) is 2.68. The molecule has 0 radical (unpaired) electrons. The Balaban J connectivity index is 1.86. The van der Waals surface area contributed by atoms with E-state index in [0.29, 0.717) is 24.2 Å². The van der Waals surface area contributed by atoms with Crippen LogP contribution in [-0.2, 0) is 4.79 Å². The summed E-state index contributed by atoms with van der Waals surface area (Å²) in [6, 6.07) is 16.9. The minimum atomic E-state index is -0.354. The van der Waals surface area contributed by atoms with E-state index in [4.69, 9.17) is 5.73 Å². The van der Waals surface area contributed by atoms with E-state index < -0.39 is 0 Å². The van der Waals surface area contributed by atoms with Crippen molar-refractivity contribution in [3.8, 4) is 6.07 Å². The van der Waals surface area contributed by atoms with E-state index in [9.17, 15) is 14.9 Å². The van der Waals surface area contributed by atoms with Crippen molar-refractivity contribution >= 4 is 23.6 Å². The molecular formula is C20H19N3O2S. The first-order chi connectivity index (χ1) is 12.6. The van der Waals surface area contributed by atoms with Gasteiger partial charge in [0.15, 0.2) is 0 Å². The summed E-state index contributed by atoms with van der Waals surface area (Å²) in [5, 5.41) is 9.28. The topological polar surface area (TPSA) is 87.2 Å². The highest BCUT2D eigenvalue weighted by Gasteiger charge is 2.28. The molecule has 2 aromatic carbocycles. The molecule has 0 bridgehead atoms. The van der Waals surface area contributed by atoms with Crippen LogP contribution in [0.15, 0.2) is 58.3 Å². The summed E-state index contributed by atoms with van der Waals surface area (Å²) in [5.74, 6) is -0.742. The first-order valence-corrected chi connectivity index (χ1v) is 9.26. The Labute approximate surface area is 156 Å². The van der Waals surface area contributed by atoms with Gasteiger partial charge < -0.3 is 10.6 Å². The third-order valence-corrected chi connectivity index (χ3v) is 5.61. The van der Waals surface area contributed by atoms with E-state index in [1.54, 1.807) is 17.0 Å². The maximum absolute atomic E-state index is 13.0. The van der Waals surface area contributed by atoms with Gasteiger partial charge in [0.2, 0.25) is 5.91 Å². The van der Waals surface area contributed by atoms with Crippen molar-refractivity contribution in [3.63, 3.8) is 0 Å². The van der Waals surface area contributed by atoms with Gasteiger partial charge in [-0.15, -0.1) is 0 Å². The number of hydrogen-bond donors (Lipinski definition) is 1. The summed E-state index contributed by atoms with van der Waals surface area (Å²) in [5.41, 5.74) is 6.58. The van der Waals surface area contributed by atoms with Crippen LogP contribution in [0, 0.1) is 17.2 Å². The number of benzene rings is 2. The fourth-order valence-electron chi connectivity index (χ4n) is 3.06. The minimum absolute atomic E-state index is 0.103. The molecule has 6 heteroatoms. The Kier molecular flexibility index (Phi) is 5.59. The number of rotatable bonds is 4. The van der Waals surface area contributed by atoms with Crippen LogP contribution >= 0.6 is 11.8 Å². The maximum Gasteiger partial charge on any atom is 0.255 e. The van der Waals surface area contributed by atoms with Crippen LogP contribution in [0.1, 0.15) is 28.8 Å². The van der Waals surface area contributed by atoms with Gasteiger partial charge in [0.05, 0.1) is 17.0 Å². The molecule has 1 aliphatic heterocycles. The van der Waals surface area contributed by atoms with E-state index in [-0.39, 0.29) is 17.7 Å². The first-order valence-electron chi connectivity index (χ1n) is 8.44. The van der Waals surface area contributed by atoms with E-state index in [0.717, 1.165) is 22.6 Å². The molecule has 132 valence electrons. The van der Waals surface area contributed by atoms with Gasteiger partial charge in [-0.05, 0) is 37.1 Å². The standard InChI is InChI=1S/C20H19N3O2S/c21-12-14-6-1-3-9-17(14)26-18-10-4-2-8-16(18)20(25)23-11-5-7-15(13-23)19(22)24/h1-4,6,8-10,15H,5,7,11,13H2,(H2,22,24). The molecule has 3 rings (SSSR count). The monoisotopic (exact) mass is 365 g/mol. The fraction of sp³-hybridized carbons (Fsp3) is 0.250. The summed E-state index contributed by atoms with van der Waals surface area (Å²) in [7, 11) is 0. The second-order valence-electron chi connectivity index (χ2n) is 6.20. The predicted molar refractivity (Wildman–Crippen MR) is 99.5 cm³/mol.